The Morgan fingerprint density at radius 3 is 2.60 bits per heavy atom. The first-order valence-corrected chi connectivity index (χ1v) is 10.1. The number of rotatable bonds is 9. The summed E-state index contributed by atoms with van der Waals surface area (Å²) < 4.78 is 22.6. The van der Waals surface area contributed by atoms with E-state index >= 15 is 0 Å². The summed E-state index contributed by atoms with van der Waals surface area (Å²) in [5, 5.41) is 2.99. The van der Waals surface area contributed by atoms with Crippen molar-refractivity contribution in [2.75, 3.05) is 43.4 Å². The Balaban J connectivity index is 2.06. The fraction of sp³-hybridized carbons (Fsp3) is 0.923. The minimum absolute atomic E-state index is 0.0128. The van der Waals surface area contributed by atoms with Crippen LogP contribution in [0.1, 0.15) is 26.7 Å². The average Bonchev–Trinajstić information content (AvgIpc) is 2.76. The van der Waals surface area contributed by atoms with Crippen molar-refractivity contribution < 1.29 is 13.2 Å². The van der Waals surface area contributed by atoms with E-state index in [0.717, 1.165) is 26.1 Å². The summed E-state index contributed by atoms with van der Waals surface area (Å²) in [6, 6.07) is 0. The Hall–Kier alpha value is -0.270. The van der Waals surface area contributed by atoms with Gasteiger partial charge in [0.1, 0.15) is 0 Å². The highest BCUT2D eigenvalue weighted by Gasteiger charge is 2.28. The van der Waals surface area contributed by atoms with Gasteiger partial charge in [-0.3, -0.25) is 4.79 Å². The van der Waals surface area contributed by atoms with Gasteiger partial charge in [-0.15, -0.1) is 11.8 Å². The number of hydrogen-bond acceptors (Lipinski definition) is 5. The van der Waals surface area contributed by atoms with Crippen LogP contribution in [-0.2, 0) is 14.6 Å². The van der Waals surface area contributed by atoms with Gasteiger partial charge < -0.3 is 10.2 Å². The van der Waals surface area contributed by atoms with Crippen LogP contribution in [0.15, 0.2) is 0 Å². The predicted molar refractivity (Wildman–Crippen MR) is 84.9 cm³/mol. The zero-order chi connectivity index (χ0) is 15.0. The number of sulfone groups is 1. The van der Waals surface area contributed by atoms with Crippen LogP contribution in [0.3, 0.4) is 0 Å². The number of amides is 1. The van der Waals surface area contributed by atoms with Crippen molar-refractivity contribution in [3.63, 3.8) is 0 Å². The van der Waals surface area contributed by atoms with Gasteiger partial charge in [0.25, 0.3) is 0 Å². The maximum Gasteiger partial charge on any atom is 0.230 e. The number of hydrogen-bond donors (Lipinski definition) is 1. The van der Waals surface area contributed by atoms with Crippen LogP contribution in [0.2, 0.25) is 0 Å². The molecule has 0 spiro atoms. The quantitative estimate of drug-likeness (QED) is 0.635. The molecule has 1 fully saturated rings. The highest BCUT2D eigenvalue weighted by atomic mass is 32.2. The topological polar surface area (TPSA) is 66.5 Å². The van der Waals surface area contributed by atoms with Crippen molar-refractivity contribution in [1.82, 2.24) is 10.2 Å². The molecule has 1 aliphatic rings. The lowest BCUT2D eigenvalue weighted by Gasteiger charge is -2.17. The zero-order valence-electron chi connectivity index (χ0n) is 12.4. The molecule has 1 rings (SSSR count). The summed E-state index contributed by atoms with van der Waals surface area (Å²) in [5.41, 5.74) is 0. The minimum Gasteiger partial charge on any atom is -0.355 e. The molecular weight excluding hydrogens is 296 g/mol. The molecule has 7 heteroatoms. The SMILES string of the molecule is CCN(CC)CCCNC(=O)CSC1CCS(=O)(=O)C1. The van der Waals surface area contributed by atoms with Gasteiger partial charge in [-0.25, -0.2) is 8.42 Å². The second kappa shape index (κ2) is 8.89. The Labute approximate surface area is 126 Å². The van der Waals surface area contributed by atoms with Crippen molar-refractivity contribution >= 4 is 27.5 Å². The van der Waals surface area contributed by atoms with E-state index < -0.39 is 9.84 Å². The zero-order valence-corrected chi connectivity index (χ0v) is 14.1. The summed E-state index contributed by atoms with van der Waals surface area (Å²) in [6.45, 7) is 8.04. The fourth-order valence-corrected chi connectivity index (χ4v) is 5.68. The third kappa shape index (κ3) is 6.95. The monoisotopic (exact) mass is 322 g/mol. The first-order chi connectivity index (χ1) is 9.46. The number of nitrogens with one attached hydrogen (secondary N) is 1. The molecule has 118 valence electrons. The Morgan fingerprint density at radius 2 is 2.05 bits per heavy atom. The summed E-state index contributed by atoms with van der Waals surface area (Å²) >= 11 is 1.47. The van der Waals surface area contributed by atoms with Gasteiger partial charge in [0.2, 0.25) is 5.91 Å². The lowest BCUT2D eigenvalue weighted by molar-refractivity contribution is -0.118. The molecule has 1 amide bonds. The summed E-state index contributed by atoms with van der Waals surface area (Å²) in [5.74, 6) is 0.882. The highest BCUT2D eigenvalue weighted by Crippen LogP contribution is 2.23. The van der Waals surface area contributed by atoms with Gasteiger partial charge in [-0.2, -0.15) is 0 Å². The van der Waals surface area contributed by atoms with E-state index in [2.05, 4.69) is 24.1 Å². The molecule has 1 atom stereocenters. The molecule has 1 saturated heterocycles. The predicted octanol–water partition coefficient (Wildman–Crippen LogP) is 0.755. The molecule has 0 radical (unpaired) electrons. The van der Waals surface area contributed by atoms with Crippen LogP contribution in [0.25, 0.3) is 0 Å². The van der Waals surface area contributed by atoms with Crippen molar-refractivity contribution in [2.45, 2.75) is 31.9 Å². The lowest BCUT2D eigenvalue weighted by atomic mass is 10.3. The molecule has 1 aliphatic heterocycles. The van der Waals surface area contributed by atoms with E-state index in [4.69, 9.17) is 0 Å². The van der Waals surface area contributed by atoms with Crippen molar-refractivity contribution in [3.05, 3.63) is 0 Å². The second-order valence-corrected chi connectivity index (χ2v) is 8.58. The van der Waals surface area contributed by atoms with Crippen molar-refractivity contribution in [3.8, 4) is 0 Å². The van der Waals surface area contributed by atoms with E-state index in [1.165, 1.54) is 11.8 Å². The number of carbonyl (C=O) groups excluding carboxylic acids is 1. The molecular formula is C13H26N2O3S2. The standard InChI is InChI=1S/C13H26N2O3S2/c1-3-15(4-2)8-5-7-14-13(16)10-19-12-6-9-20(17,18)11-12/h12H,3-11H2,1-2H3,(H,14,16). The Bertz CT molecular complexity index is 394. The van der Waals surface area contributed by atoms with E-state index in [1.54, 1.807) is 0 Å². The van der Waals surface area contributed by atoms with Crippen LogP contribution in [0.5, 0.6) is 0 Å². The average molecular weight is 322 g/mol. The summed E-state index contributed by atoms with van der Waals surface area (Å²) in [4.78, 5) is 14.0. The number of nitrogens with zero attached hydrogens (tertiary/aromatic N) is 1. The summed E-state index contributed by atoms with van der Waals surface area (Å²) in [6.07, 6.45) is 1.64. The Kier molecular flexibility index (Phi) is 7.91. The van der Waals surface area contributed by atoms with Crippen LogP contribution in [0.4, 0.5) is 0 Å². The molecule has 20 heavy (non-hydrogen) atoms. The van der Waals surface area contributed by atoms with Gasteiger partial charge >= 0.3 is 0 Å². The lowest BCUT2D eigenvalue weighted by Crippen LogP contribution is -2.31. The first kappa shape index (κ1) is 17.8. The molecule has 0 aromatic carbocycles. The van der Waals surface area contributed by atoms with Gasteiger partial charge in [0.05, 0.1) is 17.3 Å². The van der Waals surface area contributed by atoms with Crippen LogP contribution in [-0.4, -0.2) is 67.9 Å². The maximum absolute atomic E-state index is 11.6. The molecule has 5 nitrogen and oxygen atoms in total. The van der Waals surface area contributed by atoms with Crippen LogP contribution < -0.4 is 5.32 Å². The van der Waals surface area contributed by atoms with E-state index in [0.29, 0.717) is 18.7 Å². The smallest absolute Gasteiger partial charge is 0.230 e. The molecule has 1 unspecified atom stereocenters. The molecule has 0 aromatic heterocycles. The van der Waals surface area contributed by atoms with Gasteiger partial charge in [-0.1, -0.05) is 13.8 Å². The number of thioether (sulfide) groups is 1. The van der Waals surface area contributed by atoms with Gasteiger partial charge in [0.15, 0.2) is 9.84 Å². The number of carbonyl (C=O) groups is 1. The molecule has 0 aliphatic carbocycles. The minimum atomic E-state index is -2.84. The second-order valence-electron chi connectivity index (χ2n) is 5.07. The van der Waals surface area contributed by atoms with E-state index in [1.807, 2.05) is 0 Å². The third-order valence-electron chi connectivity index (χ3n) is 3.51. The van der Waals surface area contributed by atoms with Crippen molar-refractivity contribution in [2.24, 2.45) is 0 Å². The highest BCUT2D eigenvalue weighted by molar-refractivity contribution is 8.02. The molecule has 1 N–H and O–H groups in total. The molecule has 1 heterocycles. The maximum atomic E-state index is 11.6. The Morgan fingerprint density at radius 1 is 1.35 bits per heavy atom. The van der Waals surface area contributed by atoms with Crippen LogP contribution >= 0.6 is 11.8 Å². The van der Waals surface area contributed by atoms with Crippen molar-refractivity contribution in [1.29, 1.82) is 0 Å². The van der Waals surface area contributed by atoms with Gasteiger partial charge in [-0.05, 0) is 32.5 Å². The normalized spacial score (nSPS) is 21.2. The summed E-state index contributed by atoms with van der Waals surface area (Å²) in [7, 11) is -2.84. The van der Waals surface area contributed by atoms with Gasteiger partial charge in [0, 0.05) is 11.8 Å². The fourth-order valence-electron chi connectivity index (χ4n) is 2.21. The first-order valence-electron chi connectivity index (χ1n) is 7.28. The molecule has 0 aromatic rings. The largest absolute Gasteiger partial charge is 0.355 e. The molecule has 0 bridgehead atoms. The van der Waals surface area contributed by atoms with Crippen LogP contribution in [0, 0.1) is 0 Å². The van der Waals surface area contributed by atoms with E-state index in [9.17, 15) is 13.2 Å². The molecule has 0 saturated carbocycles. The third-order valence-corrected chi connectivity index (χ3v) is 6.79. The van der Waals surface area contributed by atoms with E-state index in [-0.39, 0.29) is 22.7 Å².